The lowest BCUT2D eigenvalue weighted by atomic mass is 10.0. The molecule has 1 heterocycles. The monoisotopic (exact) mass is 301 g/mol. The van der Waals surface area contributed by atoms with Crippen LogP contribution in [0.25, 0.3) is 0 Å². The average molecular weight is 302 g/mol. The number of hydrogen-bond donors (Lipinski definition) is 2. The summed E-state index contributed by atoms with van der Waals surface area (Å²) >= 11 is 3.47. The first-order chi connectivity index (χ1) is 7.97. The molecular formula is C11H20BrN5. The van der Waals surface area contributed by atoms with Crippen molar-refractivity contribution in [2.45, 2.75) is 33.2 Å². The van der Waals surface area contributed by atoms with Crippen LogP contribution in [0, 0.1) is 5.92 Å². The van der Waals surface area contributed by atoms with Crippen LogP contribution in [-0.4, -0.2) is 23.1 Å². The molecule has 1 rings (SSSR count). The van der Waals surface area contributed by atoms with Gasteiger partial charge in [0.25, 0.3) is 0 Å². The second-order valence-corrected chi connectivity index (χ2v) is 5.39. The minimum Gasteiger partial charge on any atom is -0.356 e. The summed E-state index contributed by atoms with van der Waals surface area (Å²) in [6.45, 7) is 6.61. The van der Waals surface area contributed by atoms with Crippen LogP contribution in [0.3, 0.4) is 0 Å². The van der Waals surface area contributed by atoms with Crippen LogP contribution in [0.4, 0.5) is 11.6 Å². The normalized spacial score (nSPS) is 12.6. The van der Waals surface area contributed by atoms with Gasteiger partial charge in [-0.15, -0.1) is 0 Å². The molecule has 0 aromatic carbocycles. The SMILES string of the molecule is CC(C)CC(C)N(C)c1ncnc(NN)c1Br. The molecule has 3 N–H and O–H groups in total. The summed E-state index contributed by atoms with van der Waals surface area (Å²) in [6.07, 6.45) is 2.62. The Morgan fingerprint density at radius 1 is 1.41 bits per heavy atom. The molecule has 0 spiro atoms. The van der Waals surface area contributed by atoms with E-state index in [1.165, 1.54) is 6.33 Å². The Morgan fingerprint density at radius 2 is 2.06 bits per heavy atom. The molecule has 0 aliphatic carbocycles. The number of hydrogen-bond acceptors (Lipinski definition) is 5. The molecular weight excluding hydrogens is 282 g/mol. The fourth-order valence-corrected chi connectivity index (χ4v) is 2.36. The Morgan fingerprint density at radius 3 is 2.59 bits per heavy atom. The molecule has 96 valence electrons. The van der Waals surface area contributed by atoms with Crippen LogP contribution >= 0.6 is 15.9 Å². The van der Waals surface area contributed by atoms with Crippen LogP contribution in [0.2, 0.25) is 0 Å². The highest BCUT2D eigenvalue weighted by Crippen LogP contribution is 2.29. The summed E-state index contributed by atoms with van der Waals surface area (Å²) in [6, 6.07) is 0.409. The first-order valence-electron chi connectivity index (χ1n) is 5.67. The number of anilines is 2. The number of rotatable bonds is 5. The van der Waals surface area contributed by atoms with Crippen LogP contribution in [0.1, 0.15) is 27.2 Å². The van der Waals surface area contributed by atoms with Gasteiger partial charge in [-0.1, -0.05) is 13.8 Å². The summed E-state index contributed by atoms with van der Waals surface area (Å²) in [5.41, 5.74) is 2.55. The van der Waals surface area contributed by atoms with Gasteiger partial charge < -0.3 is 10.3 Å². The van der Waals surface area contributed by atoms with Crippen molar-refractivity contribution < 1.29 is 0 Å². The van der Waals surface area contributed by atoms with E-state index in [1.54, 1.807) is 0 Å². The molecule has 0 aliphatic rings. The van der Waals surface area contributed by atoms with E-state index in [9.17, 15) is 0 Å². The van der Waals surface area contributed by atoms with Crippen LogP contribution < -0.4 is 16.2 Å². The standard InChI is InChI=1S/C11H20BrN5/c1-7(2)5-8(3)17(4)11-9(12)10(16-13)14-6-15-11/h6-8H,5,13H2,1-4H3,(H,14,15,16). The third-order valence-electron chi connectivity index (χ3n) is 2.72. The zero-order valence-electron chi connectivity index (χ0n) is 10.7. The summed E-state index contributed by atoms with van der Waals surface area (Å²) < 4.78 is 0.792. The predicted octanol–water partition coefficient (Wildman–Crippen LogP) is 2.40. The van der Waals surface area contributed by atoms with Crippen molar-refractivity contribution >= 4 is 27.6 Å². The fraction of sp³-hybridized carbons (Fsp3) is 0.636. The van der Waals surface area contributed by atoms with Gasteiger partial charge in [0.15, 0.2) is 5.82 Å². The van der Waals surface area contributed by atoms with E-state index in [-0.39, 0.29) is 0 Å². The van der Waals surface area contributed by atoms with Crippen molar-refractivity contribution in [2.24, 2.45) is 11.8 Å². The lowest BCUT2D eigenvalue weighted by Crippen LogP contribution is -2.31. The van der Waals surface area contributed by atoms with Crippen LogP contribution in [0.5, 0.6) is 0 Å². The third-order valence-corrected chi connectivity index (χ3v) is 3.45. The molecule has 0 saturated carbocycles. The Bertz CT molecular complexity index is 369. The molecule has 0 radical (unpaired) electrons. The van der Waals surface area contributed by atoms with Gasteiger partial charge in [-0.05, 0) is 35.2 Å². The number of nitrogens with zero attached hydrogens (tertiary/aromatic N) is 3. The topological polar surface area (TPSA) is 67.1 Å². The molecule has 1 aromatic heterocycles. The summed E-state index contributed by atoms with van der Waals surface area (Å²) in [4.78, 5) is 10.5. The number of hydrazine groups is 1. The summed E-state index contributed by atoms with van der Waals surface area (Å²) in [5.74, 6) is 7.48. The van der Waals surface area contributed by atoms with Crippen molar-refractivity contribution in [2.75, 3.05) is 17.4 Å². The molecule has 0 saturated heterocycles. The van der Waals surface area contributed by atoms with E-state index in [0.29, 0.717) is 17.8 Å². The van der Waals surface area contributed by atoms with Gasteiger partial charge in [-0.2, -0.15) is 0 Å². The summed E-state index contributed by atoms with van der Waals surface area (Å²) in [7, 11) is 2.03. The van der Waals surface area contributed by atoms with Gasteiger partial charge >= 0.3 is 0 Å². The number of nitrogen functional groups attached to an aromatic ring is 1. The highest BCUT2D eigenvalue weighted by atomic mass is 79.9. The van der Waals surface area contributed by atoms with Gasteiger partial charge in [0, 0.05) is 13.1 Å². The van der Waals surface area contributed by atoms with Gasteiger partial charge in [0.05, 0.1) is 0 Å². The lowest BCUT2D eigenvalue weighted by molar-refractivity contribution is 0.501. The lowest BCUT2D eigenvalue weighted by Gasteiger charge is -2.28. The number of nitrogens with one attached hydrogen (secondary N) is 1. The quantitative estimate of drug-likeness (QED) is 0.646. The Hall–Kier alpha value is -0.880. The minimum atomic E-state index is 0.409. The van der Waals surface area contributed by atoms with Crippen molar-refractivity contribution in [3.05, 3.63) is 10.8 Å². The fourth-order valence-electron chi connectivity index (χ4n) is 1.76. The van der Waals surface area contributed by atoms with E-state index in [4.69, 9.17) is 5.84 Å². The van der Waals surface area contributed by atoms with Crippen LogP contribution in [-0.2, 0) is 0 Å². The van der Waals surface area contributed by atoms with E-state index < -0.39 is 0 Å². The molecule has 17 heavy (non-hydrogen) atoms. The average Bonchev–Trinajstić information content (AvgIpc) is 2.27. The van der Waals surface area contributed by atoms with Gasteiger partial charge in [-0.25, -0.2) is 15.8 Å². The number of nitrogens with two attached hydrogens (primary N) is 1. The minimum absolute atomic E-state index is 0.409. The maximum Gasteiger partial charge on any atom is 0.159 e. The maximum atomic E-state index is 5.39. The zero-order chi connectivity index (χ0) is 13.0. The first-order valence-corrected chi connectivity index (χ1v) is 6.46. The second-order valence-electron chi connectivity index (χ2n) is 4.59. The first kappa shape index (κ1) is 14.2. The van der Waals surface area contributed by atoms with Crippen molar-refractivity contribution in [3.8, 4) is 0 Å². The highest BCUT2D eigenvalue weighted by molar-refractivity contribution is 9.10. The molecule has 1 atom stereocenters. The van der Waals surface area contributed by atoms with Crippen LogP contribution in [0.15, 0.2) is 10.8 Å². The van der Waals surface area contributed by atoms with E-state index >= 15 is 0 Å². The molecule has 1 aromatic rings. The highest BCUT2D eigenvalue weighted by Gasteiger charge is 2.17. The van der Waals surface area contributed by atoms with Crippen molar-refractivity contribution in [1.29, 1.82) is 0 Å². The molecule has 0 fully saturated rings. The van der Waals surface area contributed by atoms with Crippen molar-refractivity contribution in [1.82, 2.24) is 9.97 Å². The zero-order valence-corrected chi connectivity index (χ0v) is 12.3. The maximum absolute atomic E-state index is 5.39. The largest absolute Gasteiger partial charge is 0.356 e. The molecule has 6 heteroatoms. The van der Waals surface area contributed by atoms with E-state index in [1.807, 2.05) is 7.05 Å². The molecule has 1 unspecified atom stereocenters. The molecule has 0 aliphatic heterocycles. The Balaban J connectivity index is 2.92. The Kier molecular flexibility index (Phi) is 5.14. The smallest absolute Gasteiger partial charge is 0.159 e. The second kappa shape index (κ2) is 6.16. The predicted molar refractivity (Wildman–Crippen MR) is 74.9 cm³/mol. The van der Waals surface area contributed by atoms with E-state index in [2.05, 4.69) is 57.0 Å². The van der Waals surface area contributed by atoms with E-state index in [0.717, 1.165) is 16.7 Å². The molecule has 0 bridgehead atoms. The van der Waals surface area contributed by atoms with Gasteiger partial charge in [0.2, 0.25) is 0 Å². The summed E-state index contributed by atoms with van der Waals surface area (Å²) in [5, 5.41) is 0. The molecule has 5 nitrogen and oxygen atoms in total. The van der Waals surface area contributed by atoms with Crippen molar-refractivity contribution in [3.63, 3.8) is 0 Å². The number of aromatic nitrogens is 2. The van der Waals surface area contributed by atoms with Gasteiger partial charge in [0.1, 0.15) is 16.6 Å². The molecule has 0 amide bonds. The third kappa shape index (κ3) is 3.54. The number of halogens is 1. The Labute approximate surface area is 111 Å². The van der Waals surface area contributed by atoms with Gasteiger partial charge in [-0.3, -0.25) is 0 Å².